The topological polar surface area (TPSA) is 37.3 Å². The van der Waals surface area contributed by atoms with Crippen LogP contribution in [0.5, 0.6) is 0 Å². The monoisotopic (exact) mass is 192 g/mol. The molecule has 0 fully saturated rings. The fourth-order valence-corrected chi connectivity index (χ4v) is 1.40. The molecule has 0 aromatic heterocycles. The second kappa shape index (κ2) is 4.38. The molecule has 0 spiro atoms. The average Bonchev–Trinajstić information content (AvgIpc) is 2.19. The first-order valence-corrected chi connectivity index (χ1v) is 4.88. The maximum Gasteiger partial charge on any atom is 0.155 e. The molecule has 0 heterocycles. The summed E-state index contributed by atoms with van der Waals surface area (Å²) >= 11 is 0. The third-order valence-corrected chi connectivity index (χ3v) is 2.28. The van der Waals surface area contributed by atoms with Crippen LogP contribution in [0.1, 0.15) is 31.4 Å². The number of aldehydes is 1. The van der Waals surface area contributed by atoms with Crippen molar-refractivity contribution in [1.29, 1.82) is 0 Å². The Labute approximate surface area is 84.6 Å². The molecule has 1 unspecified atom stereocenters. The molecule has 0 aliphatic carbocycles. The summed E-state index contributed by atoms with van der Waals surface area (Å²) in [6, 6.07) is 7.54. The maximum absolute atomic E-state index is 10.6. The molecule has 0 aliphatic rings. The molecule has 1 aromatic carbocycles. The van der Waals surface area contributed by atoms with E-state index in [1.54, 1.807) is 6.07 Å². The van der Waals surface area contributed by atoms with Crippen LogP contribution in [0.2, 0.25) is 0 Å². The maximum atomic E-state index is 10.6. The molecular formula is C12H16O2. The lowest BCUT2D eigenvalue weighted by Crippen LogP contribution is -2.22. The molecule has 1 rings (SSSR count). The largest absolute Gasteiger partial charge is 0.378 e. The van der Waals surface area contributed by atoms with Gasteiger partial charge in [0, 0.05) is 0 Å². The summed E-state index contributed by atoms with van der Waals surface area (Å²) < 4.78 is 0. The lowest BCUT2D eigenvalue weighted by Gasteiger charge is -2.16. The zero-order chi connectivity index (χ0) is 10.6. The molecule has 2 heteroatoms. The van der Waals surface area contributed by atoms with Crippen molar-refractivity contribution < 1.29 is 9.90 Å². The van der Waals surface area contributed by atoms with E-state index in [9.17, 15) is 9.90 Å². The Hall–Kier alpha value is -1.15. The molecule has 76 valence electrons. The Morgan fingerprint density at radius 3 is 2.79 bits per heavy atom. The Morgan fingerprint density at radius 1 is 1.50 bits per heavy atom. The van der Waals surface area contributed by atoms with Crippen LogP contribution in [0.25, 0.3) is 0 Å². The summed E-state index contributed by atoms with van der Waals surface area (Å²) in [4.78, 5) is 10.6. The number of hydrogen-bond acceptors (Lipinski definition) is 2. The third-order valence-electron chi connectivity index (χ3n) is 2.28. The summed E-state index contributed by atoms with van der Waals surface area (Å²) in [7, 11) is 0. The Morgan fingerprint density at radius 2 is 2.21 bits per heavy atom. The molecule has 2 nitrogen and oxygen atoms in total. The van der Waals surface area contributed by atoms with E-state index in [2.05, 4.69) is 6.92 Å². The van der Waals surface area contributed by atoms with Crippen LogP contribution in [-0.4, -0.2) is 11.4 Å². The van der Waals surface area contributed by atoms with Gasteiger partial charge in [-0.25, -0.2) is 0 Å². The van der Waals surface area contributed by atoms with Gasteiger partial charge in [-0.2, -0.15) is 0 Å². The minimum absolute atomic E-state index is 0.568. The normalized spacial score (nSPS) is 14.8. The molecule has 0 amide bonds. The molecular weight excluding hydrogens is 176 g/mol. The lowest BCUT2D eigenvalue weighted by atomic mass is 9.95. The van der Waals surface area contributed by atoms with E-state index in [0.29, 0.717) is 11.8 Å². The number of benzene rings is 1. The van der Waals surface area contributed by atoms with Gasteiger partial charge in [0.25, 0.3) is 0 Å². The number of aliphatic hydroxyl groups is 1. The SMILES string of the molecule is CCCc1cccc(C(C)(O)C=O)c1. The van der Waals surface area contributed by atoms with Gasteiger partial charge in [-0.15, -0.1) is 0 Å². The van der Waals surface area contributed by atoms with Crippen molar-refractivity contribution >= 4 is 6.29 Å². The zero-order valence-electron chi connectivity index (χ0n) is 8.66. The highest BCUT2D eigenvalue weighted by atomic mass is 16.3. The minimum atomic E-state index is -1.36. The molecule has 1 atom stereocenters. The average molecular weight is 192 g/mol. The van der Waals surface area contributed by atoms with E-state index in [1.165, 1.54) is 6.92 Å². The molecule has 0 saturated heterocycles. The second-order valence-electron chi connectivity index (χ2n) is 3.72. The predicted octanol–water partition coefficient (Wildman–Crippen LogP) is 2.05. The summed E-state index contributed by atoms with van der Waals surface area (Å²) in [6.07, 6.45) is 2.60. The van der Waals surface area contributed by atoms with Crippen LogP contribution < -0.4 is 0 Å². The van der Waals surface area contributed by atoms with Gasteiger partial charge in [0.05, 0.1) is 0 Å². The molecule has 0 radical (unpaired) electrons. The van der Waals surface area contributed by atoms with Crippen molar-refractivity contribution in [1.82, 2.24) is 0 Å². The first-order chi connectivity index (χ1) is 6.60. The predicted molar refractivity (Wildman–Crippen MR) is 56.1 cm³/mol. The summed E-state index contributed by atoms with van der Waals surface area (Å²) in [6.45, 7) is 3.61. The highest BCUT2D eigenvalue weighted by Crippen LogP contribution is 2.19. The standard InChI is InChI=1S/C12H16O2/c1-3-5-10-6-4-7-11(8-10)12(2,14)9-13/h4,6-9,14H,3,5H2,1-2H3. The summed E-state index contributed by atoms with van der Waals surface area (Å²) in [5.74, 6) is 0. The van der Waals surface area contributed by atoms with Gasteiger partial charge in [0.15, 0.2) is 6.29 Å². The second-order valence-corrected chi connectivity index (χ2v) is 3.72. The Balaban J connectivity index is 2.99. The summed E-state index contributed by atoms with van der Waals surface area (Å²) in [5.41, 5.74) is 0.467. The van der Waals surface area contributed by atoms with E-state index >= 15 is 0 Å². The van der Waals surface area contributed by atoms with E-state index in [-0.39, 0.29) is 0 Å². The number of carbonyl (C=O) groups is 1. The fraction of sp³-hybridized carbons (Fsp3) is 0.417. The minimum Gasteiger partial charge on any atom is -0.378 e. The highest BCUT2D eigenvalue weighted by molar-refractivity contribution is 5.65. The quantitative estimate of drug-likeness (QED) is 0.741. The first kappa shape index (κ1) is 10.9. The van der Waals surface area contributed by atoms with Crippen molar-refractivity contribution in [2.24, 2.45) is 0 Å². The van der Waals surface area contributed by atoms with E-state index in [1.807, 2.05) is 18.2 Å². The van der Waals surface area contributed by atoms with Gasteiger partial charge in [-0.05, 0) is 24.5 Å². The van der Waals surface area contributed by atoms with Gasteiger partial charge in [-0.3, -0.25) is 4.79 Å². The summed E-state index contributed by atoms with van der Waals surface area (Å²) in [5, 5.41) is 9.72. The number of rotatable bonds is 4. The van der Waals surface area contributed by atoms with Crippen molar-refractivity contribution in [2.45, 2.75) is 32.3 Å². The van der Waals surface area contributed by atoms with Crippen molar-refractivity contribution in [3.05, 3.63) is 35.4 Å². The molecule has 1 N–H and O–H groups in total. The van der Waals surface area contributed by atoms with Crippen LogP contribution in [0.4, 0.5) is 0 Å². The van der Waals surface area contributed by atoms with Crippen LogP contribution in [-0.2, 0) is 16.8 Å². The van der Waals surface area contributed by atoms with Gasteiger partial charge in [0.2, 0.25) is 0 Å². The van der Waals surface area contributed by atoms with Crippen molar-refractivity contribution in [3.63, 3.8) is 0 Å². The Kier molecular flexibility index (Phi) is 3.42. The molecule has 0 aliphatic heterocycles. The fourth-order valence-electron chi connectivity index (χ4n) is 1.40. The van der Waals surface area contributed by atoms with Gasteiger partial charge in [-0.1, -0.05) is 37.6 Å². The van der Waals surface area contributed by atoms with E-state index in [4.69, 9.17) is 0 Å². The van der Waals surface area contributed by atoms with Gasteiger partial charge < -0.3 is 5.11 Å². The van der Waals surface area contributed by atoms with E-state index in [0.717, 1.165) is 18.4 Å². The molecule has 0 bridgehead atoms. The molecule has 14 heavy (non-hydrogen) atoms. The van der Waals surface area contributed by atoms with Crippen LogP contribution >= 0.6 is 0 Å². The first-order valence-electron chi connectivity index (χ1n) is 4.88. The van der Waals surface area contributed by atoms with E-state index < -0.39 is 5.60 Å². The number of aryl methyl sites for hydroxylation is 1. The highest BCUT2D eigenvalue weighted by Gasteiger charge is 2.21. The van der Waals surface area contributed by atoms with Gasteiger partial charge in [0.1, 0.15) is 5.60 Å². The van der Waals surface area contributed by atoms with Crippen LogP contribution in [0.3, 0.4) is 0 Å². The molecule has 1 aromatic rings. The zero-order valence-corrected chi connectivity index (χ0v) is 8.66. The third kappa shape index (κ3) is 2.42. The van der Waals surface area contributed by atoms with Crippen molar-refractivity contribution in [3.8, 4) is 0 Å². The number of hydrogen-bond donors (Lipinski definition) is 1. The lowest BCUT2D eigenvalue weighted by molar-refractivity contribution is -0.123. The number of carbonyl (C=O) groups excluding carboxylic acids is 1. The molecule has 0 saturated carbocycles. The smallest absolute Gasteiger partial charge is 0.155 e. The van der Waals surface area contributed by atoms with Crippen LogP contribution in [0.15, 0.2) is 24.3 Å². The van der Waals surface area contributed by atoms with Crippen molar-refractivity contribution in [2.75, 3.05) is 0 Å². The van der Waals surface area contributed by atoms with Gasteiger partial charge >= 0.3 is 0 Å². The Bertz CT molecular complexity index is 316. The van der Waals surface area contributed by atoms with Crippen LogP contribution in [0, 0.1) is 0 Å².